The molecule has 0 saturated heterocycles. The number of aromatic nitrogens is 4. The summed E-state index contributed by atoms with van der Waals surface area (Å²) in [7, 11) is 0. The van der Waals surface area contributed by atoms with E-state index in [1.807, 2.05) is 0 Å². The second-order valence-electron chi connectivity index (χ2n) is 4.37. The van der Waals surface area contributed by atoms with Crippen LogP contribution in [0.15, 0.2) is 6.33 Å². The van der Waals surface area contributed by atoms with Gasteiger partial charge in [0, 0.05) is 18.7 Å². The van der Waals surface area contributed by atoms with Crippen molar-refractivity contribution in [2.75, 3.05) is 6.54 Å². The summed E-state index contributed by atoms with van der Waals surface area (Å²) in [6.07, 6.45) is 1.93. The number of carbonyl (C=O) groups is 2. The Balaban J connectivity index is 2.04. The number of aromatic amines is 2. The molecule has 0 spiro atoms. The molecule has 0 fully saturated rings. The van der Waals surface area contributed by atoms with E-state index >= 15 is 0 Å². The number of aryl methyl sites for hydroxylation is 1. The van der Waals surface area contributed by atoms with Crippen molar-refractivity contribution in [3.05, 3.63) is 34.7 Å². The highest BCUT2D eigenvalue weighted by Gasteiger charge is 2.21. The average Bonchev–Trinajstić information content (AvgIpc) is 2.97. The van der Waals surface area contributed by atoms with Gasteiger partial charge in [0.25, 0.3) is 5.91 Å². The van der Waals surface area contributed by atoms with Crippen LogP contribution in [0.2, 0.25) is 0 Å². The molecule has 2 aromatic heterocycles. The van der Waals surface area contributed by atoms with Crippen molar-refractivity contribution in [1.29, 1.82) is 0 Å². The largest absolute Gasteiger partial charge is 0.477 e. The van der Waals surface area contributed by atoms with Crippen molar-refractivity contribution in [2.24, 2.45) is 0 Å². The minimum atomic E-state index is -1.08. The van der Waals surface area contributed by atoms with Gasteiger partial charge < -0.3 is 15.4 Å². The van der Waals surface area contributed by atoms with Gasteiger partial charge in [-0.1, -0.05) is 0 Å². The van der Waals surface area contributed by atoms with Crippen LogP contribution in [-0.4, -0.2) is 43.7 Å². The van der Waals surface area contributed by atoms with Crippen LogP contribution in [0.4, 0.5) is 0 Å². The number of hydrogen-bond donors (Lipinski definition) is 4. The van der Waals surface area contributed by atoms with Crippen molar-refractivity contribution in [3.63, 3.8) is 0 Å². The molecular weight excluding hydrogens is 262 g/mol. The van der Waals surface area contributed by atoms with E-state index in [1.54, 1.807) is 13.8 Å². The first-order valence-electron chi connectivity index (χ1n) is 6.05. The van der Waals surface area contributed by atoms with Crippen LogP contribution in [0, 0.1) is 13.8 Å². The number of H-pyrrole nitrogens is 2. The third-order valence-electron chi connectivity index (χ3n) is 2.99. The van der Waals surface area contributed by atoms with Gasteiger partial charge in [-0.05, 0) is 19.4 Å². The number of carboxylic acids is 1. The van der Waals surface area contributed by atoms with Crippen LogP contribution in [-0.2, 0) is 6.42 Å². The van der Waals surface area contributed by atoms with Gasteiger partial charge in [0.1, 0.15) is 17.8 Å². The van der Waals surface area contributed by atoms with Gasteiger partial charge in [0.15, 0.2) is 0 Å². The van der Waals surface area contributed by atoms with E-state index in [0.717, 1.165) is 0 Å². The lowest BCUT2D eigenvalue weighted by atomic mass is 10.1. The van der Waals surface area contributed by atoms with Crippen molar-refractivity contribution in [1.82, 2.24) is 25.5 Å². The number of amides is 1. The molecule has 2 aromatic rings. The Labute approximate surface area is 114 Å². The Morgan fingerprint density at radius 3 is 2.70 bits per heavy atom. The minimum absolute atomic E-state index is 0.0443. The van der Waals surface area contributed by atoms with E-state index in [0.29, 0.717) is 35.6 Å². The van der Waals surface area contributed by atoms with Crippen LogP contribution in [0.3, 0.4) is 0 Å². The van der Waals surface area contributed by atoms with Gasteiger partial charge in [0.05, 0.1) is 5.56 Å². The molecule has 0 aliphatic heterocycles. The van der Waals surface area contributed by atoms with Crippen LogP contribution in [0.25, 0.3) is 0 Å². The Kier molecular flexibility index (Phi) is 3.83. The zero-order valence-electron chi connectivity index (χ0n) is 11.1. The molecule has 2 heterocycles. The Morgan fingerprint density at radius 1 is 1.40 bits per heavy atom. The number of hydrogen-bond acceptors (Lipinski definition) is 4. The molecule has 8 heteroatoms. The van der Waals surface area contributed by atoms with Crippen LogP contribution in [0.5, 0.6) is 0 Å². The van der Waals surface area contributed by atoms with Gasteiger partial charge in [-0.15, -0.1) is 0 Å². The third-order valence-corrected chi connectivity index (χ3v) is 2.99. The first-order valence-corrected chi connectivity index (χ1v) is 6.05. The van der Waals surface area contributed by atoms with Gasteiger partial charge in [-0.3, -0.25) is 9.89 Å². The summed E-state index contributed by atoms with van der Waals surface area (Å²) >= 11 is 0. The monoisotopic (exact) mass is 277 g/mol. The van der Waals surface area contributed by atoms with Crippen LogP contribution in [0.1, 0.15) is 37.9 Å². The quantitative estimate of drug-likeness (QED) is 0.630. The zero-order valence-corrected chi connectivity index (χ0v) is 11.1. The molecule has 2 rings (SSSR count). The number of carbonyl (C=O) groups excluding carboxylic acids is 1. The number of rotatable bonds is 5. The fourth-order valence-corrected chi connectivity index (χ4v) is 2.04. The summed E-state index contributed by atoms with van der Waals surface area (Å²) in [5.41, 5.74) is 1.40. The molecule has 1 amide bonds. The lowest BCUT2D eigenvalue weighted by Crippen LogP contribution is -2.26. The standard InChI is InChI=1S/C12H15N5O3/c1-6-9(7(2)16-10(6)12(19)20)11(18)13-4-3-8-14-5-15-17-8/h5,16H,3-4H2,1-2H3,(H,13,18)(H,19,20)(H,14,15,17). The highest BCUT2D eigenvalue weighted by Crippen LogP contribution is 2.17. The maximum absolute atomic E-state index is 12.1. The smallest absolute Gasteiger partial charge is 0.352 e. The topological polar surface area (TPSA) is 124 Å². The average molecular weight is 277 g/mol. The molecule has 106 valence electrons. The van der Waals surface area contributed by atoms with Crippen molar-refractivity contribution >= 4 is 11.9 Å². The van der Waals surface area contributed by atoms with Gasteiger partial charge in [-0.2, -0.15) is 5.10 Å². The van der Waals surface area contributed by atoms with Crippen molar-refractivity contribution < 1.29 is 14.7 Å². The second-order valence-corrected chi connectivity index (χ2v) is 4.37. The van der Waals surface area contributed by atoms with Crippen molar-refractivity contribution in [3.8, 4) is 0 Å². The molecule has 0 radical (unpaired) electrons. The maximum Gasteiger partial charge on any atom is 0.352 e. The van der Waals surface area contributed by atoms with Gasteiger partial charge in [-0.25, -0.2) is 9.78 Å². The fraction of sp³-hybridized carbons (Fsp3) is 0.333. The first-order chi connectivity index (χ1) is 9.50. The molecule has 0 aliphatic carbocycles. The Hall–Kier alpha value is -2.64. The minimum Gasteiger partial charge on any atom is -0.477 e. The third kappa shape index (κ3) is 2.68. The lowest BCUT2D eigenvalue weighted by Gasteiger charge is -2.04. The second kappa shape index (κ2) is 5.55. The highest BCUT2D eigenvalue weighted by atomic mass is 16.4. The number of carboxylic acid groups (broad SMARTS) is 1. The van der Waals surface area contributed by atoms with E-state index in [4.69, 9.17) is 5.11 Å². The number of nitrogens with zero attached hydrogens (tertiary/aromatic N) is 2. The molecule has 4 N–H and O–H groups in total. The van der Waals surface area contributed by atoms with E-state index in [-0.39, 0.29) is 11.6 Å². The summed E-state index contributed by atoms with van der Waals surface area (Å²) in [4.78, 5) is 29.7. The molecule has 0 aliphatic rings. The SMILES string of the molecule is Cc1[nH]c(C(=O)O)c(C)c1C(=O)NCCc1ncn[nH]1. The maximum atomic E-state index is 12.1. The van der Waals surface area contributed by atoms with E-state index in [9.17, 15) is 9.59 Å². The molecule has 0 aromatic carbocycles. The summed E-state index contributed by atoms with van der Waals surface area (Å²) in [6.45, 7) is 3.67. The normalized spacial score (nSPS) is 10.5. The molecule has 20 heavy (non-hydrogen) atoms. The molecule has 8 nitrogen and oxygen atoms in total. The van der Waals surface area contributed by atoms with E-state index < -0.39 is 5.97 Å². The number of aromatic carboxylic acids is 1. The van der Waals surface area contributed by atoms with Crippen molar-refractivity contribution in [2.45, 2.75) is 20.3 Å². The fourth-order valence-electron chi connectivity index (χ4n) is 2.04. The molecule has 0 bridgehead atoms. The first kappa shape index (κ1) is 13.8. The predicted molar refractivity (Wildman–Crippen MR) is 69.6 cm³/mol. The number of nitrogens with one attached hydrogen (secondary N) is 3. The van der Waals surface area contributed by atoms with Gasteiger partial charge in [0.2, 0.25) is 0 Å². The molecule has 0 unspecified atom stereocenters. The molecule has 0 saturated carbocycles. The molecule has 0 atom stereocenters. The Bertz CT molecular complexity index is 630. The predicted octanol–water partition coefficient (Wildman–Crippen LogP) is 0.420. The van der Waals surface area contributed by atoms with E-state index in [1.165, 1.54) is 6.33 Å². The van der Waals surface area contributed by atoms with E-state index in [2.05, 4.69) is 25.5 Å². The van der Waals surface area contributed by atoms with Crippen LogP contribution >= 0.6 is 0 Å². The summed E-state index contributed by atoms with van der Waals surface area (Å²) in [5, 5.41) is 18.1. The molecular formula is C12H15N5O3. The summed E-state index contributed by atoms with van der Waals surface area (Å²) in [6, 6.07) is 0. The van der Waals surface area contributed by atoms with Gasteiger partial charge >= 0.3 is 5.97 Å². The highest BCUT2D eigenvalue weighted by molar-refractivity contribution is 6.00. The summed E-state index contributed by atoms with van der Waals surface area (Å²) in [5.74, 6) is -0.700. The Morgan fingerprint density at radius 2 is 2.15 bits per heavy atom. The van der Waals surface area contributed by atoms with Crippen LogP contribution < -0.4 is 5.32 Å². The lowest BCUT2D eigenvalue weighted by molar-refractivity contribution is 0.0690. The zero-order chi connectivity index (χ0) is 14.7. The summed E-state index contributed by atoms with van der Waals surface area (Å²) < 4.78 is 0.